The molecule has 1 aromatic rings. The molecule has 1 atom stereocenters. The summed E-state index contributed by atoms with van der Waals surface area (Å²) in [5.41, 5.74) is 0. The number of carbonyl (C=O) groups is 1. The van der Waals surface area contributed by atoms with Crippen LogP contribution in [0.15, 0.2) is 4.42 Å². The summed E-state index contributed by atoms with van der Waals surface area (Å²) in [5.74, 6) is 0.420. The van der Waals surface area contributed by atoms with Crippen LogP contribution in [-0.4, -0.2) is 48.4 Å². The summed E-state index contributed by atoms with van der Waals surface area (Å²) in [4.78, 5) is 11.8. The Balaban J connectivity index is 1.72. The third kappa shape index (κ3) is 4.78. The first-order chi connectivity index (χ1) is 9.69. The highest BCUT2D eigenvalue weighted by molar-refractivity contribution is 5.84. The van der Waals surface area contributed by atoms with Gasteiger partial charge in [-0.25, -0.2) is 0 Å². The Labute approximate surface area is 117 Å². The number of anilines is 1. The van der Waals surface area contributed by atoms with Crippen LogP contribution >= 0.6 is 0 Å². The number of hydrogen-bond donors (Lipinski definition) is 3. The van der Waals surface area contributed by atoms with Crippen LogP contribution in [0.3, 0.4) is 0 Å². The van der Waals surface area contributed by atoms with Gasteiger partial charge in [-0.1, -0.05) is 5.10 Å². The SMILES string of the molecule is COCCNCc1nnc(NC(C)C(=O)NC2CC2)o1. The molecule has 1 aliphatic rings. The fourth-order valence-corrected chi connectivity index (χ4v) is 1.56. The van der Waals surface area contributed by atoms with Gasteiger partial charge in [-0.05, 0) is 19.8 Å². The summed E-state index contributed by atoms with van der Waals surface area (Å²) in [6.07, 6.45) is 2.13. The Morgan fingerprint density at radius 1 is 1.50 bits per heavy atom. The number of rotatable bonds is 9. The highest BCUT2D eigenvalue weighted by atomic mass is 16.5. The molecule has 1 amide bonds. The summed E-state index contributed by atoms with van der Waals surface area (Å²) in [6, 6.07) is 0.201. The molecule has 0 spiro atoms. The molecule has 2 rings (SSSR count). The second kappa shape index (κ2) is 7.20. The second-order valence-corrected chi connectivity index (χ2v) is 4.82. The molecule has 0 saturated heterocycles. The first-order valence-electron chi connectivity index (χ1n) is 6.78. The Morgan fingerprint density at radius 2 is 2.30 bits per heavy atom. The van der Waals surface area contributed by atoms with Gasteiger partial charge in [0.05, 0.1) is 13.2 Å². The number of methoxy groups -OCH3 is 1. The van der Waals surface area contributed by atoms with E-state index in [2.05, 4.69) is 26.1 Å². The number of ether oxygens (including phenoxy) is 1. The Kier molecular flexibility index (Phi) is 5.31. The number of nitrogens with zero attached hydrogens (tertiary/aromatic N) is 2. The number of aromatic nitrogens is 2. The minimum absolute atomic E-state index is 0.0505. The molecule has 112 valence electrons. The van der Waals surface area contributed by atoms with Gasteiger partial charge in [-0.15, -0.1) is 5.10 Å². The lowest BCUT2D eigenvalue weighted by atomic mass is 10.3. The molecule has 0 aromatic carbocycles. The van der Waals surface area contributed by atoms with Crippen molar-refractivity contribution < 1.29 is 13.9 Å². The predicted octanol–water partition coefficient (Wildman–Crippen LogP) is -0.115. The summed E-state index contributed by atoms with van der Waals surface area (Å²) in [5, 5.41) is 16.6. The van der Waals surface area contributed by atoms with Crippen LogP contribution in [0.5, 0.6) is 0 Å². The highest BCUT2D eigenvalue weighted by Crippen LogP contribution is 2.18. The molecule has 1 saturated carbocycles. The summed E-state index contributed by atoms with van der Waals surface area (Å²) in [6.45, 7) is 3.57. The first-order valence-corrected chi connectivity index (χ1v) is 6.78. The van der Waals surface area contributed by atoms with Crippen LogP contribution in [0.1, 0.15) is 25.7 Å². The highest BCUT2D eigenvalue weighted by Gasteiger charge is 2.26. The van der Waals surface area contributed by atoms with Gasteiger partial charge in [0.25, 0.3) is 0 Å². The third-order valence-corrected chi connectivity index (χ3v) is 2.88. The van der Waals surface area contributed by atoms with Crippen molar-refractivity contribution in [1.29, 1.82) is 0 Å². The average Bonchev–Trinajstić information content (AvgIpc) is 3.13. The third-order valence-electron chi connectivity index (χ3n) is 2.88. The number of amides is 1. The zero-order valence-electron chi connectivity index (χ0n) is 11.8. The molecular weight excluding hydrogens is 262 g/mol. The van der Waals surface area contributed by atoms with E-state index in [-0.39, 0.29) is 11.9 Å². The largest absolute Gasteiger partial charge is 0.407 e. The second-order valence-electron chi connectivity index (χ2n) is 4.82. The average molecular weight is 283 g/mol. The minimum Gasteiger partial charge on any atom is -0.407 e. The van der Waals surface area contributed by atoms with Crippen molar-refractivity contribution >= 4 is 11.9 Å². The number of nitrogens with one attached hydrogen (secondary N) is 3. The standard InChI is InChI=1S/C12H21N5O3/c1-8(11(18)15-9-3-4-9)14-12-17-16-10(20-12)7-13-5-6-19-2/h8-9,13H,3-7H2,1-2H3,(H,14,17)(H,15,18). The van der Waals surface area contributed by atoms with Gasteiger partial charge >= 0.3 is 6.01 Å². The Bertz CT molecular complexity index is 432. The molecule has 1 heterocycles. The van der Waals surface area contributed by atoms with E-state index in [1.807, 2.05) is 0 Å². The predicted molar refractivity (Wildman–Crippen MR) is 72.1 cm³/mol. The van der Waals surface area contributed by atoms with E-state index in [1.165, 1.54) is 0 Å². The lowest BCUT2D eigenvalue weighted by Crippen LogP contribution is -2.38. The molecule has 8 heteroatoms. The van der Waals surface area contributed by atoms with Gasteiger partial charge in [0.1, 0.15) is 6.04 Å². The molecule has 0 aliphatic heterocycles. The summed E-state index contributed by atoms with van der Waals surface area (Å²) < 4.78 is 10.3. The van der Waals surface area contributed by atoms with E-state index in [4.69, 9.17) is 9.15 Å². The van der Waals surface area contributed by atoms with Gasteiger partial charge in [-0.2, -0.15) is 0 Å². The Hall–Kier alpha value is -1.67. The van der Waals surface area contributed by atoms with Crippen molar-refractivity contribution in [2.45, 2.75) is 38.4 Å². The summed E-state index contributed by atoms with van der Waals surface area (Å²) >= 11 is 0. The van der Waals surface area contributed by atoms with Gasteiger partial charge in [0.2, 0.25) is 11.8 Å². The molecule has 1 aliphatic carbocycles. The summed E-state index contributed by atoms with van der Waals surface area (Å²) in [7, 11) is 1.64. The van der Waals surface area contributed by atoms with Gasteiger partial charge in [0, 0.05) is 19.7 Å². The van der Waals surface area contributed by atoms with Gasteiger partial charge in [-0.3, -0.25) is 4.79 Å². The molecule has 8 nitrogen and oxygen atoms in total. The maximum absolute atomic E-state index is 11.8. The maximum Gasteiger partial charge on any atom is 0.316 e. The van der Waals surface area contributed by atoms with E-state index in [0.717, 1.165) is 12.8 Å². The quantitative estimate of drug-likeness (QED) is 0.543. The molecule has 1 unspecified atom stereocenters. The van der Waals surface area contributed by atoms with Crippen LogP contribution in [0.2, 0.25) is 0 Å². The van der Waals surface area contributed by atoms with Gasteiger partial charge in [0.15, 0.2) is 0 Å². The van der Waals surface area contributed by atoms with Crippen LogP contribution < -0.4 is 16.0 Å². The number of carbonyl (C=O) groups excluding carboxylic acids is 1. The lowest BCUT2D eigenvalue weighted by Gasteiger charge is -2.11. The molecule has 0 radical (unpaired) electrons. The van der Waals surface area contributed by atoms with Crippen molar-refractivity contribution in [3.63, 3.8) is 0 Å². The van der Waals surface area contributed by atoms with Crippen LogP contribution in [0.25, 0.3) is 0 Å². The van der Waals surface area contributed by atoms with Crippen LogP contribution in [0.4, 0.5) is 6.01 Å². The Morgan fingerprint density at radius 3 is 3.00 bits per heavy atom. The first kappa shape index (κ1) is 14.7. The zero-order valence-corrected chi connectivity index (χ0v) is 11.8. The topological polar surface area (TPSA) is 101 Å². The minimum atomic E-state index is -0.398. The molecule has 1 fully saturated rings. The monoisotopic (exact) mass is 283 g/mol. The molecule has 0 bridgehead atoms. The molecular formula is C12H21N5O3. The van der Waals surface area contributed by atoms with Crippen molar-refractivity contribution in [2.24, 2.45) is 0 Å². The van der Waals surface area contributed by atoms with Crippen LogP contribution in [0, 0.1) is 0 Å². The van der Waals surface area contributed by atoms with E-state index in [0.29, 0.717) is 31.6 Å². The van der Waals surface area contributed by atoms with Crippen molar-refractivity contribution in [2.75, 3.05) is 25.6 Å². The van der Waals surface area contributed by atoms with Crippen LogP contribution in [-0.2, 0) is 16.1 Å². The van der Waals surface area contributed by atoms with Crippen molar-refractivity contribution in [3.8, 4) is 0 Å². The maximum atomic E-state index is 11.8. The molecule has 20 heavy (non-hydrogen) atoms. The fraction of sp³-hybridized carbons (Fsp3) is 0.750. The van der Waals surface area contributed by atoms with E-state index < -0.39 is 6.04 Å². The van der Waals surface area contributed by atoms with E-state index in [9.17, 15) is 4.79 Å². The van der Waals surface area contributed by atoms with Crippen molar-refractivity contribution in [1.82, 2.24) is 20.8 Å². The smallest absolute Gasteiger partial charge is 0.316 e. The molecule has 1 aromatic heterocycles. The van der Waals surface area contributed by atoms with Gasteiger partial charge < -0.3 is 25.1 Å². The fourth-order valence-electron chi connectivity index (χ4n) is 1.56. The van der Waals surface area contributed by atoms with E-state index >= 15 is 0 Å². The lowest BCUT2D eigenvalue weighted by molar-refractivity contribution is -0.121. The number of hydrogen-bond acceptors (Lipinski definition) is 7. The van der Waals surface area contributed by atoms with E-state index in [1.54, 1.807) is 14.0 Å². The normalized spacial score (nSPS) is 15.9. The zero-order chi connectivity index (χ0) is 14.4. The molecule has 3 N–H and O–H groups in total. The van der Waals surface area contributed by atoms with Crippen molar-refractivity contribution in [3.05, 3.63) is 5.89 Å².